The van der Waals surface area contributed by atoms with Crippen LogP contribution in [0.25, 0.3) is 10.2 Å². The molecule has 0 spiro atoms. The van der Waals surface area contributed by atoms with Crippen LogP contribution in [0, 0.1) is 0 Å². The number of nitrogens with zero attached hydrogens (tertiary/aromatic N) is 2. The van der Waals surface area contributed by atoms with Gasteiger partial charge in [0.05, 0.1) is 21.7 Å². The van der Waals surface area contributed by atoms with E-state index >= 15 is 0 Å². The monoisotopic (exact) mass is 444 g/mol. The van der Waals surface area contributed by atoms with E-state index in [2.05, 4.69) is 4.98 Å². The molecular formula is C17H17ClN2O4S3. The number of fused-ring (bicyclic) bond motifs is 1. The molecule has 0 atom stereocenters. The largest absolute Gasteiger partial charge is 0.497 e. The van der Waals surface area contributed by atoms with Crippen molar-refractivity contribution in [3.05, 3.63) is 34.7 Å². The van der Waals surface area contributed by atoms with Crippen LogP contribution in [0.1, 0.15) is 12.8 Å². The number of piperidine rings is 1. The van der Waals surface area contributed by atoms with Gasteiger partial charge < -0.3 is 9.47 Å². The predicted octanol–water partition coefficient (Wildman–Crippen LogP) is 4.25. The first-order valence-corrected chi connectivity index (χ1v) is 11.8. The van der Waals surface area contributed by atoms with Gasteiger partial charge in [0.2, 0.25) is 0 Å². The van der Waals surface area contributed by atoms with Crippen LogP contribution in [-0.4, -0.2) is 44.0 Å². The summed E-state index contributed by atoms with van der Waals surface area (Å²) in [4.78, 5) is 4.51. The summed E-state index contributed by atoms with van der Waals surface area (Å²) >= 11 is 8.44. The van der Waals surface area contributed by atoms with Gasteiger partial charge in [-0.15, -0.1) is 11.3 Å². The Morgan fingerprint density at radius 3 is 2.63 bits per heavy atom. The van der Waals surface area contributed by atoms with Crippen molar-refractivity contribution in [1.29, 1.82) is 0 Å². The van der Waals surface area contributed by atoms with Crippen LogP contribution in [0.3, 0.4) is 0 Å². The Kier molecular flexibility index (Phi) is 5.30. The highest BCUT2D eigenvalue weighted by Crippen LogP contribution is 2.33. The Morgan fingerprint density at radius 1 is 1.19 bits per heavy atom. The molecule has 10 heteroatoms. The Morgan fingerprint density at radius 2 is 1.96 bits per heavy atom. The van der Waals surface area contributed by atoms with Gasteiger partial charge in [0, 0.05) is 19.2 Å². The van der Waals surface area contributed by atoms with Crippen LogP contribution in [-0.2, 0) is 10.0 Å². The molecule has 3 aromatic rings. The van der Waals surface area contributed by atoms with Crippen molar-refractivity contribution in [2.45, 2.75) is 23.2 Å². The van der Waals surface area contributed by atoms with Gasteiger partial charge in [0.15, 0.2) is 0 Å². The molecule has 0 bridgehead atoms. The van der Waals surface area contributed by atoms with E-state index in [9.17, 15) is 8.42 Å². The summed E-state index contributed by atoms with van der Waals surface area (Å²) in [7, 11) is -1.86. The minimum absolute atomic E-state index is 0.0502. The highest BCUT2D eigenvalue weighted by atomic mass is 35.5. The molecule has 2 aromatic heterocycles. The highest BCUT2D eigenvalue weighted by molar-refractivity contribution is 7.91. The van der Waals surface area contributed by atoms with Crippen molar-refractivity contribution in [3.8, 4) is 10.9 Å². The number of thiophene rings is 1. The van der Waals surface area contributed by atoms with Crippen LogP contribution in [0.4, 0.5) is 0 Å². The van der Waals surface area contributed by atoms with Gasteiger partial charge in [-0.2, -0.15) is 4.31 Å². The average Bonchev–Trinajstić information content (AvgIpc) is 3.27. The van der Waals surface area contributed by atoms with Crippen LogP contribution in [0.5, 0.6) is 10.9 Å². The van der Waals surface area contributed by atoms with Gasteiger partial charge in [0.1, 0.15) is 16.1 Å². The normalized spacial score (nSPS) is 16.7. The van der Waals surface area contributed by atoms with Crippen LogP contribution >= 0.6 is 34.3 Å². The number of methoxy groups -OCH3 is 1. The van der Waals surface area contributed by atoms with E-state index in [1.165, 1.54) is 15.6 Å². The summed E-state index contributed by atoms with van der Waals surface area (Å²) in [5, 5.41) is 0.601. The molecule has 1 aliphatic heterocycles. The Labute approximate surface area is 170 Å². The number of rotatable bonds is 5. The number of hydrogen-bond acceptors (Lipinski definition) is 7. The zero-order chi connectivity index (χ0) is 19.0. The van der Waals surface area contributed by atoms with Crippen molar-refractivity contribution in [3.63, 3.8) is 0 Å². The van der Waals surface area contributed by atoms with Gasteiger partial charge in [-0.1, -0.05) is 22.9 Å². The predicted molar refractivity (Wildman–Crippen MR) is 108 cm³/mol. The summed E-state index contributed by atoms with van der Waals surface area (Å²) in [6, 6.07) is 8.89. The van der Waals surface area contributed by atoms with Crippen LogP contribution < -0.4 is 9.47 Å². The summed E-state index contributed by atoms with van der Waals surface area (Å²) in [5.74, 6) is 0.756. The first-order chi connectivity index (χ1) is 13.0. The summed E-state index contributed by atoms with van der Waals surface area (Å²) in [5.41, 5.74) is 0.837. The number of benzene rings is 1. The Balaban J connectivity index is 1.41. The smallest absolute Gasteiger partial charge is 0.274 e. The molecule has 0 saturated carbocycles. The third kappa shape index (κ3) is 3.93. The van der Waals surface area contributed by atoms with Crippen LogP contribution in [0.15, 0.2) is 34.5 Å². The molecule has 1 saturated heterocycles. The molecule has 0 amide bonds. The molecule has 1 aromatic carbocycles. The number of halogens is 1. The molecule has 0 unspecified atom stereocenters. The molecule has 4 rings (SSSR count). The number of thiazole rings is 1. The quantitative estimate of drug-likeness (QED) is 0.588. The van der Waals surface area contributed by atoms with E-state index in [1.54, 1.807) is 19.2 Å². The van der Waals surface area contributed by atoms with E-state index in [-0.39, 0.29) is 10.3 Å². The number of aromatic nitrogens is 1. The zero-order valence-corrected chi connectivity index (χ0v) is 17.6. The Hall–Kier alpha value is -1.39. The summed E-state index contributed by atoms with van der Waals surface area (Å²) in [6.07, 6.45) is 1.20. The minimum Gasteiger partial charge on any atom is -0.497 e. The van der Waals surface area contributed by atoms with Crippen molar-refractivity contribution < 1.29 is 17.9 Å². The van der Waals surface area contributed by atoms with E-state index in [0.717, 1.165) is 27.3 Å². The van der Waals surface area contributed by atoms with Crippen molar-refractivity contribution in [2.24, 2.45) is 0 Å². The van der Waals surface area contributed by atoms with E-state index in [0.29, 0.717) is 35.5 Å². The van der Waals surface area contributed by atoms with Crippen molar-refractivity contribution in [1.82, 2.24) is 9.29 Å². The second kappa shape index (κ2) is 7.56. The average molecular weight is 445 g/mol. The first-order valence-electron chi connectivity index (χ1n) is 8.32. The fourth-order valence-corrected chi connectivity index (χ4v) is 6.93. The number of ether oxygens (including phenoxy) is 2. The first kappa shape index (κ1) is 18.9. The van der Waals surface area contributed by atoms with Gasteiger partial charge in [0.25, 0.3) is 15.2 Å². The third-order valence-electron chi connectivity index (χ3n) is 4.39. The molecule has 0 aliphatic carbocycles. The molecule has 1 aliphatic rings. The molecular weight excluding hydrogens is 428 g/mol. The van der Waals surface area contributed by atoms with Crippen molar-refractivity contribution in [2.75, 3.05) is 20.2 Å². The number of hydrogen-bond donors (Lipinski definition) is 0. The fraction of sp³-hybridized carbons (Fsp3) is 0.353. The van der Waals surface area contributed by atoms with Gasteiger partial charge in [-0.05, 0) is 37.1 Å². The molecule has 3 heterocycles. The lowest BCUT2D eigenvalue weighted by Crippen LogP contribution is -2.41. The topological polar surface area (TPSA) is 68.7 Å². The van der Waals surface area contributed by atoms with E-state index in [1.807, 2.05) is 18.2 Å². The number of sulfonamides is 1. The molecule has 1 fully saturated rings. The molecule has 6 nitrogen and oxygen atoms in total. The van der Waals surface area contributed by atoms with Crippen LogP contribution in [0.2, 0.25) is 4.34 Å². The molecule has 0 radical (unpaired) electrons. The SMILES string of the molecule is COc1ccc2sc(OC3CCN(S(=O)(=O)c4ccc(Cl)s4)CC3)nc2c1. The summed E-state index contributed by atoms with van der Waals surface area (Å²) in [6.45, 7) is 0.836. The zero-order valence-electron chi connectivity index (χ0n) is 14.4. The van der Waals surface area contributed by atoms with Crippen molar-refractivity contribution >= 4 is 54.5 Å². The van der Waals surface area contributed by atoms with Gasteiger partial charge in [-0.3, -0.25) is 0 Å². The lowest BCUT2D eigenvalue weighted by Gasteiger charge is -2.30. The lowest BCUT2D eigenvalue weighted by molar-refractivity contribution is 0.135. The standard InChI is InChI=1S/C17H17ClN2O4S3/c1-23-12-2-3-14-13(10-12)19-17(25-14)24-11-6-8-20(9-7-11)27(21,22)16-5-4-15(18)26-16/h2-5,10-11H,6-9H2,1H3. The molecule has 144 valence electrons. The maximum absolute atomic E-state index is 12.7. The fourth-order valence-electron chi connectivity index (χ4n) is 2.96. The van der Waals surface area contributed by atoms with E-state index in [4.69, 9.17) is 21.1 Å². The molecule has 0 N–H and O–H groups in total. The van der Waals surface area contributed by atoms with E-state index < -0.39 is 10.0 Å². The summed E-state index contributed by atoms with van der Waals surface area (Å²) < 4.78 is 39.8. The Bertz CT molecular complexity index is 1060. The second-order valence-corrected chi connectivity index (χ2v) is 11.0. The third-order valence-corrected chi connectivity index (χ3v) is 8.91. The van der Waals surface area contributed by atoms with Gasteiger partial charge in [-0.25, -0.2) is 13.4 Å². The van der Waals surface area contributed by atoms with Gasteiger partial charge >= 0.3 is 0 Å². The highest BCUT2D eigenvalue weighted by Gasteiger charge is 2.31. The molecule has 27 heavy (non-hydrogen) atoms. The lowest BCUT2D eigenvalue weighted by atomic mass is 10.1. The second-order valence-electron chi connectivity index (χ2n) is 6.09. The minimum atomic E-state index is -3.48. The maximum atomic E-state index is 12.7. The maximum Gasteiger partial charge on any atom is 0.274 e.